The van der Waals surface area contributed by atoms with Gasteiger partial charge in [0.05, 0.1) is 5.41 Å². The second kappa shape index (κ2) is 11.6. The van der Waals surface area contributed by atoms with Gasteiger partial charge in [-0.2, -0.15) is 4.58 Å². The SMILES string of the molecule is CN1/C(=C/C=C2\CCC(/C=C/C3=[N+](C)c4ccc5ccccc5c4C3(C)C)=C2Oc2ccc(Cl)cc2)C(C)(C)c2c1ccc1ccccc21. The van der Waals surface area contributed by atoms with E-state index in [1.165, 1.54) is 66.6 Å². The average Bonchev–Trinajstić information content (AvgIpc) is 3.64. The number of hydrogen-bond donors (Lipinski definition) is 0. The summed E-state index contributed by atoms with van der Waals surface area (Å²) in [5.41, 5.74) is 9.95. The van der Waals surface area contributed by atoms with Crippen LogP contribution in [0, 0.1) is 0 Å². The van der Waals surface area contributed by atoms with Gasteiger partial charge in [0.15, 0.2) is 5.71 Å². The Balaban J connectivity index is 1.19. The van der Waals surface area contributed by atoms with Crippen molar-refractivity contribution in [2.45, 2.75) is 51.4 Å². The molecular formula is C45H42ClN2O+. The standard InChI is InChI=1S/C45H42ClN2O/c1-44(2)39(47(5)37-25-17-29-11-7-9-13-35(29)41(37)44)27-19-31-15-16-32(43(31)49-34-23-21-33(46)22-24-34)20-28-40-45(3,4)42-36-14-10-8-12-30(36)18-26-38(42)48(40)6/h7-14,17-28H,15-16H2,1-6H3/q+1. The van der Waals surface area contributed by atoms with Gasteiger partial charge in [0.1, 0.15) is 18.6 Å². The Morgan fingerprint density at radius 2 is 1.37 bits per heavy atom. The molecule has 0 N–H and O–H groups in total. The molecule has 5 aromatic rings. The number of fused-ring (bicyclic) bond motifs is 6. The molecule has 49 heavy (non-hydrogen) atoms. The number of nitrogens with zero attached hydrogens (tertiary/aromatic N) is 2. The Hall–Kier alpha value is -4.86. The van der Waals surface area contributed by atoms with Gasteiger partial charge in [-0.15, -0.1) is 0 Å². The number of anilines is 1. The largest absolute Gasteiger partial charge is 0.457 e. The van der Waals surface area contributed by atoms with Gasteiger partial charge in [-0.1, -0.05) is 86.1 Å². The zero-order valence-electron chi connectivity index (χ0n) is 29.1. The summed E-state index contributed by atoms with van der Waals surface area (Å²) < 4.78 is 9.07. The lowest BCUT2D eigenvalue weighted by atomic mass is 9.79. The van der Waals surface area contributed by atoms with Crippen LogP contribution in [0.1, 0.15) is 51.7 Å². The zero-order chi connectivity index (χ0) is 34.1. The van der Waals surface area contributed by atoms with Gasteiger partial charge >= 0.3 is 0 Å². The summed E-state index contributed by atoms with van der Waals surface area (Å²) in [6.07, 6.45) is 11.0. The van der Waals surface area contributed by atoms with E-state index >= 15 is 0 Å². The van der Waals surface area contributed by atoms with E-state index in [0.29, 0.717) is 5.02 Å². The van der Waals surface area contributed by atoms with E-state index in [-0.39, 0.29) is 10.8 Å². The number of allylic oxidation sites excluding steroid dienone is 7. The second-order valence-corrected chi connectivity index (χ2v) is 15.0. The van der Waals surface area contributed by atoms with Crippen LogP contribution in [-0.4, -0.2) is 24.4 Å². The minimum atomic E-state index is -0.154. The third-order valence-corrected chi connectivity index (χ3v) is 11.2. The molecule has 1 aliphatic carbocycles. The summed E-state index contributed by atoms with van der Waals surface area (Å²) in [5, 5.41) is 5.89. The molecule has 3 nitrogen and oxygen atoms in total. The predicted octanol–water partition coefficient (Wildman–Crippen LogP) is 11.6. The molecule has 5 aromatic carbocycles. The monoisotopic (exact) mass is 661 g/mol. The van der Waals surface area contributed by atoms with Crippen LogP contribution in [0.3, 0.4) is 0 Å². The number of ether oxygens (including phenoxy) is 1. The summed E-state index contributed by atoms with van der Waals surface area (Å²) in [6, 6.07) is 34.1. The Morgan fingerprint density at radius 1 is 0.714 bits per heavy atom. The molecule has 3 aliphatic rings. The predicted molar refractivity (Wildman–Crippen MR) is 207 cm³/mol. The maximum atomic E-state index is 6.72. The molecule has 0 saturated heterocycles. The van der Waals surface area contributed by atoms with Crippen LogP contribution in [0.15, 0.2) is 144 Å². The van der Waals surface area contributed by atoms with Crippen LogP contribution in [0.2, 0.25) is 5.02 Å². The summed E-state index contributed by atoms with van der Waals surface area (Å²) in [4.78, 5) is 2.36. The molecule has 0 radical (unpaired) electrons. The fourth-order valence-corrected chi connectivity index (χ4v) is 8.64. The van der Waals surface area contributed by atoms with Gasteiger partial charge in [0.25, 0.3) is 0 Å². The highest BCUT2D eigenvalue weighted by Gasteiger charge is 2.44. The normalized spacial score (nSPS) is 19.7. The first kappa shape index (κ1) is 31.4. The first-order valence-electron chi connectivity index (χ1n) is 17.2. The summed E-state index contributed by atoms with van der Waals surface area (Å²) in [5.74, 6) is 1.71. The van der Waals surface area contributed by atoms with E-state index in [1.807, 2.05) is 24.3 Å². The molecule has 0 saturated carbocycles. The first-order valence-corrected chi connectivity index (χ1v) is 17.6. The van der Waals surface area contributed by atoms with E-state index < -0.39 is 0 Å². The third-order valence-electron chi connectivity index (χ3n) is 11.0. The fraction of sp³-hybridized carbons (Fsp3) is 0.222. The van der Waals surface area contributed by atoms with E-state index in [4.69, 9.17) is 16.3 Å². The highest BCUT2D eigenvalue weighted by atomic mass is 35.5. The highest BCUT2D eigenvalue weighted by molar-refractivity contribution is 6.30. The summed E-state index contributed by atoms with van der Waals surface area (Å²) in [6.45, 7) is 9.37. The van der Waals surface area contributed by atoms with Crippen LogP contribution < -0.4 is 9.64 Å². The molecule has 0 aromatic heterocycles. The molecule has 2 heterocycles. The second-order valence-electron chi connectivity index (χ2n) is 14.6. The van der Waals surface area contributed by atoms with Crippen molar-refractivity contribution in [2.24, 2.45) is 0 Å². The van der Waals surface area contributed by atoms with Crippen LogP contribution in [0.4, 0.5) is 11.4 Å². The van der Waals surface area contributed by atoms with E-state index in [2.05, 4.69) is 148 Å². The number of hydrogen-bond acceptors (Lipinski definition) is 2. The third kappa shape index (κ3) is 5.06. The van der Waals surface area contributed by atoms with Crippen molar-refractivity contribution in [1.82, 2.24) is 0 Å². The van der Waals surface area contributed by atoms with Crippen LogP contribution in [-0.2, 0) is 10.8 Å². The van der Waals surface area contributed by atoms with Crippen molar-refractivity contribution >= 4 is 50.2 Å². The van der Waals surface area contributed by atoms with Crippen molar-refractivity contribution in [2.75, 3.05) is 19.0 Å². The molecule has 2 aliphatic heterocycles. The lowest BCUT2D eigenvalue weighted by molar-refractivity contribution is -0.401. The molecule has 0 spiro atoms. The minimum absolute atomic E-state index is 0.154. The molecule has 244 valence electrons. The maximum absolute atomic E-state index is 6.72. The molecule has 0 amide bonds. The van der Waals surface area contributed by atoms with Crippen molar-refractivity contribution in [3.63, 3.8) is 0 Å². The highest BCUT2D eigenvalue weighted by Crippen LogP contribution is 2.50. The van der Waals surface area contributed by atoms with Crippen LogP contribution in [0.25, 0.3) is 21.5 Å². The number of likely N-dealkylation sites (N-methyl/N-ethyl adjacent to an activating group) is 1. The molecular weight excluding hydrogens is 620 g/mol. The molecule has 4 heteroatoms. The van der Waals surface area contributed by atoms with Crippen molar-refractivity contribution in [1.29, 1.82) is 0 Å². The smallest absolute Gasteiger partial charge is 0.210 e. The van der Waals surface area contributed by atoms with Gasteiger partial charge in [-0.05, 0) is 113 Å². The maximum Gasteiger partial charge on any atom is 0.210 e. The van der Waals surface area contributed by atoms with Gasteiger partial charge in [-0.25, -0.2) is 0 Å². The zero-order valence-corrected chi connectivity index (χ0v) is 29.9. The molecule has 0 fully saturated rings. The molecule has 0 bridgehead atoms. The minimum Gasteiger partial charge on any atom is -0.457 e. The topological polar surface area (TPSA) is 15.5 Å². The lowest BCUT2D eigenvalue weighted by Crippen LogP contribution is -2.26. The van der Waals surface area contributed by atoms with Crippen molar-refractivity contribution in [3.8, 4) is 5.75 Å². The van der Waals surface area contributed by atoms with Crippen LogP contribution in [0.5, 0.6) is 5.75 Å². The summed E-state index contributed by atoms with van der Waals surface area (Å²) in [7, 11) is 4.38. The van der Waals surface area contributed by atoms with Crippen molar-refractivity contribution in [3.05, 3.63) is 160 Å². The fourth-order valence-electron chi connectivity index (χ4n) is 8.52. The Morgan fingerprint density at radius 3 is 2.08 bits per heavy atom. The van der Waals surface area contributed by atoms with Gasteiger partial charge in [-0.3, -0.25) is 0 Å². The Kier molecular flexibility index (Phi) is 7.46. The van der Waals surface area contributed by atoms with E-state index in [1.54, 1.807) is 0 Å². The van der Waals surface area contributed by atoms with E-state index in [9.17, 15) is 0 Å². The quantitative estimate of drug-likeness (QED) is 0.174. The number of halogens is 1. The van der Waals surface area contributed by atoms with Crippen molar-refractivity contribution < 1.29 is 9.31 Å². The number of rotatable bonds is 5. The average molecular weight is 662 g/mol. The van der Waals surface area contributed by atoms with Gasteiger partial charge in [0, 0.05) is 46.6 Å². The Labute approximate surface area is 294 Å². The Bertz CT molecular complexity index is 2330. The van der Waals surface area contributed by atoms with Gasteiger partial charge < -0.3 is 9.64 Å². The first-order chi connectivity index (χ1) is 23.6. The van der Waals surface area contributed by atoms with Gasteiger partial charge in [0.2, 0.25) is 5.69 Å². The summed E-state index contributed by atoms with van der Waals surface area (Å²) >= 11 is 6.25. The molecule has 0 unspecified atom stereocenters. The molecule has 8 rings (SSSR count). The molecule has 0 atom stereocenters. The lowest BCUT2D eigenvalue weighted by Gasteiger charge is -2.24. The number of benzene rings is 5. The van der Waals surface area contributed by atoms with Crippen LogP contribution >= 0.6 is 11.6 Å². The van der Waals surface area contributed by atoms with E-state index in [0.717, 1.165) is 24.4 Å².